The van der Waals surface area contributed by atoms with Gasteiger partial charge in [-0.2, -0.15) is 5.10 Å². The summed E-state index contributed by atoms with van der Waals surface area (Å²) in [5.41, 5.74) is 5.05. The van der Waals surface area contributed by atoms with E-state index in [1.54, 1.807) is 30.3 Å². The number of amides is 2. The van der Waals surface area contributed by atoms with Crippen molar-refractivity contribution < 1.29 is 14.7 Å². The predicted molar refractivity (Wildman–Crippen MR) is 153 cm³/mol. The number of hydrogen-bond donors (Lipinski definition) is 3. The molecule has 0 aliphatic rings. The second-order valence-electron chi connectivity index (χ2n) is 8.90. The minimum absolute atomic E-state index is 0.0930. The van der Waals surface area contributed by atoms with Crippen molar-refractivity contribution in [3.8, 4) is 5.75 Å². The average Bonchev–Trinajstić information content (AvgIpc) is 2.90. The lowest BCUT2D eigenvalue weighted by Gasteiger charge is -2.23. The molecule has 0 spiro atoms. The van der Waals surface area contributed by atoms with E-state index in [0.717, 1.165) is 31.7 Å². The molecule has 9 heteroatoms. The molecule has 0 saturated heterocycles. The molecule has 0 saturated carbocycles. The molecule has 0 aromatic heterocycles. The van der Waals surface area contributed by atoms with E-state index in [-0.39, 0.29) is 17.2 Å². The maximum absolute atomic E-state index is 13.1. The Balaban J connectivity index is 1.67. The van der Waals surface area contributed by atoms with Crippen LogP contribution in [0.15, 0.2) is 71.8 Å². The molecule has 3 N–H and O–H groups in total. The zero-order chi connectivity index (χ0) is 27.5. The number of halogens is 1. The van der Waals surface area contributed by atoms with Gasteiger partial charge in [-0.05, 0) is 73.7 Å². The lowest BCUT2D eigenvalue weighted by Crippen LogP contribution is -2.32. The number of phenols is 1. The van der Waals surface area contributed by atoms with E-state index >= 15 is 0 Å². The van der Waals surface area contributed by atoms with Crippen molar-refractivity contribution >= 4 is 35.3 Å². The average molecular weight is 536 g/mol. The number of carbonyl (C=O) groups excluding carboxylic acids is 2. The zero-order valence-corrected chi connectivity index (χ0v) is 22.7. The third kappa shape index (κ3) is 8.69. The minimum atomic E-state index is -0.539. The fourth-order valence-electron chi connectivity index (χ4n) is 3.89. The molecule has 38 heavy (non-hydrogen) atoms. The van der Waals surface area contributed by atoms with Crippen LogP contribution in [0.2, 0.25) is 5.02 Å². The molecule has 0 fully saturated rings. The molecule has 3 aromatic rings. The van der Waals surface area contributed by atoms with Gasteiger partial charge in [0.15, 0.2) is 0 Å². The first-order valence-corrected chi connectivity index (χ1v) is 12.9. The molecule has 0 atom stereocenters. The minimum Gasteiger partial charge on any atom is -0.508 e. The van der Waals surface area contributed by atoms with Crippen molar-refractivity contribution in [2.75, 3.05) is 38.5 Å². The number of benzene rings is 3. The number of phenolic OH excluding ortho intramolecular Hbond substituents is 1. The fourth-order valence-corrected chi connectivity index (χ4v) is 4.06. The van der Waals surface area contributed by atoms with E-state index in [4.69, 9.17) is 11.6 Å². The summed E-state index contributed by atoms with van der Waals surface area (Å²) < 4.78 is 0. The van der Waals surface area contributed by atoms with Crippen molar-refractivity contribution in [1.29, 1.82) is 0 Å². The second kappa shape index (κ2) is 14.3. The lowest BCUT2D eigenvalue weighted by molar-refractivity contribution is 0.0956. The van der Waals surface area contributed by atoms with Gasteiger partial charge in [0.05, 0.1) is 17.5 Å². The molecule has 0 heterocycles. The standard InChI is InChI=1S/C29H34ClN5O3/c1-4-35(5-2)15-14-34(3)20-22-9-6-10-23(16-22)28(37)32-27-13-12-24(30)18-26(27)29(38)33-31-19-21-8-7-11-25(36)17-21/h6-13,16-19,36H,4-5,14-15,20H2,1-3H3,(H,32,37)(H,33,38)/b31-19+. The number of nitrogens with zero attached hydrogens (tertiary/aromatic N) is 3. The van der Waals surface area contributed by atoms with Crippen LogP contribution in [0.1, 0.15) is 45.7 Å². The van der Waals surface area contributed by atoms with Crippen LogP contribution in [-0.4, -0.2) is 66.2 Å². The SMILES string of the molecule is CCN(CC)CCN(C)Cc1cccc(C(=O)Nc2ccc(Cl)cc2C(=O)N/N=C/c2cccc(O)c2)c1. The largest absolute Gasteiger partial charge is 0.508 e. The first-order valence-electron chi connectivity index (χ1n) is 12.5. The molecule has 0 unspecified atom stereocenters. The van der Waals surface area contributed by atoms with Crippen LogP contribution in [0.3, 0.4) is 0 Å². The van der Waals surface area contributed by atoms with E-state index in [9.17, 15) is 14.7 Å². The normalized spacial score (nSPS) is 11.3. The Bertz CT molecular complexity index is 1280. The zero-order valence-electron chi connectivity index (χ0n) is 21.9. The molecule has 2 amide bonds. The third-order valence-electron chi connectivity index (χ3n) is 6.06. The van der Waals surface area contributed by atoms with Gasteiger partial charge < -0.3 is 20.2 Å². The number of likely N-dealkylation sites (N-methyl/N-ethyl adjacent to an activating group) is 2. The molecule has 0 aliphatic carbocycles. The van der Waals surface area contributed by atoms with Crippen molar-refractivity contribution in [2.24, 2.45) is 5.10 Å². The van der Waals surface area contributed by atoms with Crippen LogP contribution in [-0.2, 0) is 6.54 Å². The molecule has 200 valence electrons. The first-order chi connectivity index (χ1) is 18.3. The van der Waals surface area contributed by atoms with E-state index in [1.165, 1.54) is 24.4 Å². The molecular weight excluding hydrogens is 502 g/mol. The lowest BCUT2D eigenvalue weighted by atomic mass is 10.1. The van der Waals surface area contributed by atoms with Crippen LogP contribution in [0.5, 0.6) is 5.75 Å². The number of anilines is 1. The highest BCUT2D eigenvalue weighted by Crippen LogP contribution is 2.22. The van der Waals surface area contributed by atoms with Gasteiger partial charge >= 0.3 is 0 Å². The van der Waals surface area contributed by atoms with Gasteiger partial charge in [-0.3, -0.25) is 9.59 Å². The Labute approximate surface area is 228 Å². The first kappa shape index (κ1) is 28.8. The second-order valence-corrected chi connectivity index (χ2v) is 9.34. The quantitative estimate of drug-likeness (QED) is 0.228. The van der Waals surface area contributed by atoms with Crippen LogP contribution in [0, 0.1) is 0 Å². The van der Waals surface area contributed by atoms with E-state index in [2.05, 4.69) is 46.5 Å². The fraction of sp³-hybridized carbons (Fsp3) is 0.276. The summed E-state index contributed by atoms with van der Waals surface area (Å²) in [7, 11) is 2.07. The highest BCUT2D eigenvalue weighted by molar-refractivity contribution is 6.31. The topological polar surface area (TPSA) is 97.3 Å². The van der Waals surface area contributed by atoms with Crippen LogP contribution in [0.4, 0.5) is 5.69 Å². The Kier molecular flexibility index (Phi) is 10.8. The van der Waals surface area contributed by atoms with Crippen molar-refractivity contribution in [3.05, 3.63) is 94.0 Å². The summed E-state index contributed by atoms with van der Waals surface area (Å²) in [5, 5.41) is 16.7. The van der Waals surface area contributed by atoms with Gasteiger partial charge in [-0.15, -0.1) is 0 Å². The van der Waals surface area contributed by atoms with Gasteiger partial charge in [0, 0.05) is 30.2 Å². The number of carbonyl (C=O) groups is 2. The molecule has 0 bridgehead atoms. The van der Waals surface area contributed by atoms with Gasteiger partial charge in [-0.25, -0.2) is 5.43 Å². The third-order valence-corrected chi connectivity index (χ3v) is 6.29. The van der Waals surface area contributed by atoms with Crippen molar-refractivity contribution in [1.82, 2.24) is 15.2 Å². The number of hydrazone groups is 1. The molecular formula is C29H34ClN5O3. The van der Waals surface area contributed by atoms with E-state index in [0.29, 0.717) is 28.4 Å². The van der Waals surface area contributed by atoms with Crippen molar-refractivity contribution in [3.63, 3.8) is 0 Å². The van der Waals surface area contributed by atoms with Crippen LogP contribution < -0.4 is 10.7 Å². The Morgan fingerprint density at radius 1 is 0.974 bits per heavy atom. The predicted octanol–water partition coefficient (Wildman–Crippen LogP) is 4.84. The summed E-state index contributed by atoms with van der Waals surface area (Å²) in [6, 6.07) is 18.6. The van der Waals surface area contributed by atoms with Gasteiger partial charge in [0.25, 0.3) is 11.8 Å². The Morgan fingerprint density at radius 3 is 2.47 bits per heavy atom. The summed E-state index contributed by atoms with van der Waals surface area (Å²) in [6.45, 7) is 8.99. The number of rotatable bonds is 12. The molecule has 8 nitrogen and oxygen atoms in total. The maximum atomic E-state index is 13.1. The highest BCUT2D eigenvalue weighted by atomic mass is 35.5. The number of hydrogen-bond acceptors (Lipinski definition) is 6. The van der Waals surface area contributed by atoms with Crippen molar-refractivity contribution in [2.45, 2.75) is 20.4 Å². The summed E-state index contributed by atoms with van der Waals surface area (Å²) >= 11 is 6.13. The molecule has 3 rings (SSSR count). The van der Waals surface area contributed by atoms with Gasteiger partial charge in [0.1, 0.15) is 5.75 Å². The molecule has 0 aliphatic heterocycles. The molecule has 0 radical (unpaired) electrons. The summed E-state index contributed by atoms with van der Waals surface area (Å²) in [4.78, 5) is 30.5. The number of nitrogens with one attached hydrogen (secondary N) is 2. The summed E-state index contributed by atoms with van der Waals surface area (Å²) in [6.07, 6.45) is 1.41. The monoisotopic (exact) mass is 535 g/mol. The smallest absolute Gasteiger partial charge is 0.273 e. The maximum Gasteiger partial charge on any atom is 0.273 e. The van der Waals surface area contributed by atoms with E-state index < -0.39 is 5.91 Å². The van der Waals surface area contributed by atoms with Gasteiger partial charge in [0.2, 0.25) is 0 Å². The Morgan fingerprint density at radius 2 is 1.74 bits per heavy atom. The highest BCUT2D eigenvalue weighted by Gasteiger charge is 2.16. The number of aromatic hydroxyl groups is 1. The Hall–Kier alpha value is -3.72. The summed E-state index contributed by atoms with van der Waals surface area (Å²) in [5.74, 6) is -0.782. The van der Waals surface area contributed by atoms with Crippen LogP contribution in [0.25, 0.3) is 0 Å². The van der Waals surface area contributed by atoms with Gasteiger partial charge in [-0.1, -0.05) is 49.7 Å². The van der Waals surface area contributed by atoms with E-state index in [1.807, 2.05) is 18.2 Å². The van der Waals surface area contributed by atoms with Crippen LogP contribution >= 0.6 is 11.6 Å². The molecule has 3 aromatic carbocycles.